The van der Waals surface area contributed by atoms with Crippen molar-refractivity contribution in [3.63, 3.8) is 0 Å². The number of nitro groups is 4. The van der Waals surface area contributed by atoms with Crippen LogP contribution in [0, 0.1) is 66.7 Å². The number of rotatable bonds is 34. The van der Waals surface area contributed by atoms with Gasteiger partial charge in [-0.2, -0.15) is 0 Å². The van der Waals surface area contributed by atoms with Gasteiger partial charge >= 0.3 is 18.9 Å². The number of benzene rings is 8. The fourth-order valence-electron chi connectivity index (χ4n) is 12.0. The van der Waals surface area contributed by atoms with Gasteiger partial charge in [0.2, 0.25) is 17.7 Å². The summed E-state index contributed by atoms with van der Waals surface area (Å²) >= 11 is 0. The van der Waals surface area contributed by atoms with Crippen LogP contribution in [-0.2, 0) is 79.3 Å². The first-order valence-corrected chi connectivity index (χ1v) is 50.7. The molecule has 5 N–H and O–H groups in total. The van der Waals surface area contributed by atoms with Crippen LogP contribution in [-0.4, -0.2) is 122 Å². The Morgan fingerprint density at radius 1 is 0.421 bits per heavy atom. The van der Waals surface area contributed by atoms with E-state index >= 15 is 0 Å². The first kappa shape index (κ1) is 99.3. The normalized spacial score (nSPS) is 11.3. The number of aryl methyl sites for hydroxylation is 3. The summed E-state index contributed by atoms with van der Waals surface area (Å²) in [7, 11) is -3.69. The summed E-state index contributed by atoms with van der Waals surface area (Å²) in [6.45, 7) is 50.5. The zero-order chi connectivity index (χ0) is 91.1. The summed E-state index contributed by atoms with van der Waals surface area (Å²) in [5, 5.41) is 63.3. The van der Waals surface area contributed by atoms with Crippen molar-refractivity contribution < 1.29 is 77.0 Å². The van der Waals surface area contributed by atoms with E-state index in [2.05, 4.69) is 114 Å². The molecule has 8 aromatic carbocycles. The molecule has 0 aliphatic carbocycles. The van der Waals surface area contributed by atoms with E-state index in [1.54, 1.807) is 126 Å². The number of carboxylic acid groups (broad SMARTS) is 1. The molecular weight excluding hydrogens is 1660 g/mol. The van der Waals surface area contributed by atoms with E-state index in [1.165, 1.54) is 48.5 Å². The third-order valence-electron chi connectivity index (χ3n) is 18.9. The second-order valence-electron chi connectivity index (χ2n) is 32.3. The number of fused-ring (bicyclic) bond motifs is 4. The van der Waals surface area contributed by atoms with Crippen LogP contribution in [0.2, 0.25) is 77.1 Å². The second-order valence-corrected chi connectivity index (χ2v) is 49.2. The molecule has 0 atom stereocenters. The standard InChI is InChI=1S/2C23H27N5O4Si.C18H14N4O3.C16H23N3O5Si.C7H6N2.Li/c1-24-17-5-7-18(8-6-17)25-23(29)12-11-22-26-20-15-19(28(30)31)9-10-21(20)27(22)16-32-13-14-33(2,3)4;1-24-17-5-7-18(8-6-17)25-23(29)12-11-22-26-20-10-9-19(28(30)31)15-21(20)27(22)16-32-13-14-33(2,3)4;1-19-13-2-4-14(5-3-13)21-18(23)9-6-15-10-12-11-16(22(24)25)7-8-17(12)20-15;1-25(2,3)9-8-24-11-18-14-5-4-12(19(22)23)10-13(14)17-15(18)6-7-16(20)21;1-9-7-4-2-6(8)3-5-7;/h2*5-10,15H,11-14,16H2,2-4H3,(H,25,29);2-5,7-8,11H,6,9-10H2,(H,21,23);4-5,10H,6-9,11H2,1-3H3,(H,20,21);2-5H,8H2;/q;;;;;+1/p-1. The van der Waals surface area contributed by atoms with Gasteiger partial charge in [0.05, 0.1) is 84.8 Å². The molecule has 3 amide bonds. The molecular formula is C87H96LiN19O16Si3. The van der Waals surface area contributed by atoms with Gasteiger partial charge < -0.3 is 59.5 Å². The molecule has 35 nitrogen and oxygen atoms in total. The molecule has 0 radical (unpaired) electrons. The van der Waals surface area contributed by atoms with E-state index < -0.39 is 49.9 Å². The molecule has 648 valence electrons. The average Bonchev–Trinajstić information content (AvgIpc) is 1.65. The number of anilines is 4. The second kappa shape index (κ2) is 47.2. The van der Waals surface area contributed by atoms with Crippen LogP contribution in [0.3, 0.4) is 0 Å². The van der Waals surface area contributed by atoms with Crippen molar-refractivity contribution in [3.8, 4) is 0 Å². The Hall–Kier alpha value is -13.8. The van der Waals surface area contributed by atoms with Gasteiger partial charge in [-0.1, -0.05) is 107 Å². The summed E-state index contributed by atoms with van der Waals surface area (Å²) < 4.78 is 23.0. The number of non-ortho nitro benzene ring substituents is 4. The number of nitrogen functional groups attached to an aromatic ring is 1. The third kappa shape index (κ3) is 32.1. The predicted octanol–water partition coefficient (Wildman–Crippen LogP) is 15.7. The van der Waals surface area contributed by atoms with Crippen molar-refractivity contribution in [1.29, 1.82) is 0 Å². The molecule has 0 saturated heterocycles. The molecule has 0 saturated carbocycles. The van der Waals surface area contributed by atoms with Crippen LogP contribution in [0.1, 0.15) is 55.1 Å². The molecule has 1 aliphatic heterocycles. The number of carboxylic acids is 1. The first-order valence-electron chi connectivity index (χ1n) is 39.6. The number of aromatic nitrogens is 6. The number of carbonyl (C=O) groups excluding carboxylic acids is 4. The molecule has 12 rings (SSSR count). The minimum absolute atomic E-state index is 0. The smallest absolute Gasteiger partial charge is 0.550 e. The van der Waals surface area contributed by atoms with Gasteiger partial charge in [0.15, 0.2) is 22.7 Å². The molecule has 3 aromatic heterocycles. The maximum absolute atomic E-state index is 12.5. The fourth-order valence-corrected chi connectivity index (χ4v) is 14.2. The summed E-state index contributed by atoms with van der Waals surface area (Å²) in [6, 6.07) is 48.0. The van der Waals surface area contributed by atoms with Gasteiger partial charge in [0, 0.05) is 172 Å². The van der Waals surface area contributed by atoms with Crippen LogP contribution < -0.4 is 45.7 Å². The number of nitrogens with two attached hydrogens (primary N) is 1. The van der Waals surface area contributed by atoms with Crippen LogP contribution in [0.25, 0.3) is 52.5 Å². The molecule has 11 aromatic rings. The Balaban J connectivity index is 0.000000223. The minimum atomic E-state index is -1.25. The molecule has 1 aliphatic rings. The Bertz CT molecular complexity index is 5850. The van der Waals surface area contributed by atoms with Crippen LogP contribution in [0.4, 0.5) is 73.9 Å². The summed E-state index contributed by atoms with van der Waals surface area (Å²) in [6.07, 6.45) is 2.40. The van der Waals surface area contributed by atoms with Crippen LogP contribution in [0.15, 0.2) is 175 Å². The Labute approximate surface area is 742 Å². The number of nitro benzene ring substituents is 4. The van der Waals surface area contributed by atoms with E-state index in [0.29, 0.717) is 136 Å². The SMILES string of the molecule is C[Si](C)(C)CCOCn1c(CCC(=O)[O-])nc2cc([N+](=O)[O-])ccc21.[C-]#[N+]c1ccc(N)cc1.[C-]#[N+]c1ccc(NC(=O)CCC2=Nc3ccc([N+](=O)[O-])cc3C2)cc1.[C-]#[N+]c1ccc(NC(=O)CCc2nc3cc([N+](=O)[O-])ccc3n2COCC[Si](C)(C)C)cc1.[C-]#[N+]c1ccc(NC(=O)CCc2nc3ccc([N+](=O)[O-])cc3n2COCC[Si](C)(C)C)cc1.[Li+]. The van der Waals surface area contributed by atoms with E-state index in [9.17, 15) is 64.7 Å². The van der Waals surface area contributed by atoms with Crippen LogP contribution in [0.5, 0.6) is 0 Å². The van der Waals surface area contributed by atoms with Gasteiger partial charge in [-0.25, -0.2) is 34.3 Å². The number of hydrogen-bond acceptors (Lipinski definition) is 21. The van der Waals surface area contributed by atoms with Crippen molar-refractivity contribution in [1.82, 2.24) is 28.7 Å². The van der Waals surface area contributed by atoms with Gasteiger partial charge in [-0.05, 0) is 109 Å². The predicted molar refractivity (Wildman–Crippen MR) is 486 cm³/mol. The van der Waals surface area contributed by atoms with Gasteiger partial charge in [0.1, 0.15) is 37.7 Å². The Morgan fingerprint density at radius 2 is 0.738 bits per heavy atom. The maximum atomic E-state index is 12.5. The zero-order valence-electron chi connectivity index (χ0n) is 71.7. The van der Waals surface area contributed by atoms with E-state index in [1.807, 2.05) is 9.13 Å². The number of nitrogens with one attached hydrogen (secondary N) is 3. The van der Waals surface area contributed by atoms with Crippen molar-refractivity contribution in [2.24, 2.45) is 4.99 Å². The van der Waals surface area contributed by atoms with Crippen LogP contribution >= 0.6 is 0 Å². The summed E-state index contributed by atoms with van der Waals surface area (Å²) in [4.78, 5) is 121. The van der Waals surface area contributed by atoms with E-state index in [0.717, 1.165) is 40.6 Å². The molecule has 0 spiro atoms. The number of carbonyl (C=O) groups is 4. The monoisotopic (exact) mass is 1750 g/mol. The number of aliphatic carboxylic acids is 1. The van der Waals surface area contributed by atoms with Gasteiger partial charge in [-0.15, -0.1) is 0 Å². The number of hydrogen-bond donors (Lipinski definition) is 4. The Kier molecular flexibility index (Phi) is 37.2. The van der Waals surface area contributed by atoms with Crippen molar-refractivity contribution >= 4 is 161 Å². The zero-order valence-corrected chi connectivity index (χ0v) is 74.7. The molecule has 0 bridgehead atoms. The summed E-state index contributed by atoms with van der Waals surface area (Å²) in [5.41, 5.74) is 16.1. The average molecular weight is 1760 g/mol. The van der Waals surface area contributed by atoms with E-state index in [4.69, 9.17) is 46.2 Å². The maximum Gasteiger partial charge on any atom is 1.00 e. The van der Waals surface area contributed by atoms with E-state index in [-0.39, 0.29) is 112 Å². The topological polar surface area (TPSA) is 437 Å². The number of nitrogens with zero attached hydrogens (tertiary/aromatic N) is 15. The largest absolute Gasteiger partial charge is 1.00 e. The molecule has 4 heterocycles. The van der Waals surface area contributed by atoms with Crippen molar-refractivity contribution in [2.45, 2.75) is 155 Å². The van der Waals surface area contributed by atoms with Gasteiger partial charge in [0.25, 0.3) is 22.7 Å². The number of ether oxygens (including phenoxy) is 3. The third-order valence-corrected chi connectivity index (χ3v) is 24.0. The minimum Gasteiger partial charge on any atom is -0.550 e. The van der Waals surface area contributed by atoms with Crippen molar-refractivity contribution in [2.75, 3.05) is 41.5 Å². The Morgan fingerprint density at radius 3 is 1.10 bits per heavy atom. The molecule has 126 heavy (non-hydrogen) atoms. The number of amides is 3. The molecule has 39 heteroatoms. The first-order chi connectivity index (χ1) is 59.4. The number of aliphatic imine (C=N–C) groups is 1. The molecule has 0 fully saturated rings. The van der Waals surface area contributed by atoms with Gasteiger partial charge in [-0.3, -0.25) is 59.8 Å². The summed E-state index contributed by atoms with van der Waals surface area (Å²) in [5.74, 6) is 0.121. The van der Waals surface area contributed by atoms with Crippen molar-refractivity contribution in [3.05, 3.63) is 279 Å². The number of imidazole rings is 3. The quantitative estimate of drug-likeness (QED) is 0.00726. The fraction of sp³-hybridized carbons (Fsp3) is 0.310. The molecule has 0 unspecified atom stereocenters.